The van der Waals surface area contributed by atoms with Crippen LogP contribution in [0.1, 0.15) is 22.3 Å². The molecular weight excluding hydrogens is 619 g/mol. The molecule has 3 heteroatoms. The van der Waals surface area contributed by atoms with Crippen LogP contribution < -0.4 is 0 Å². The van der Waals surface area contributed by atoms with Crippen molar-refractivity contribution in [3.8, 4) is 17.2 Å². The fourth-order valence-electron chi connectivity index (χ4n) is 8.36. The van der Waals surface area contributed by atoms with E-state index >= 15 is 0 Å². The summed E-state index contributed by atoms with van der Waals surface area (Å²) in [6, 6.07) is 63.2. The third-order valence-corrected chi connectivity index (χ3v) is 10.5. The largest absolute Gasteiger partial charge is 0.278 e. The molecule has 1 aliphatic rings. The van der Waals surface area contributed by atoms with Gasteiger partial charge in [-0.2, -0.15) is 0 Å². The SMILES string of the molecule is c1ccc(C2=C(c3ccccc3)c3cccc4c3c3c5c2cccc5ccc3n4-c2nc(-c3ccc4ccccc4c3)c3ccccc3n2)cc1. The maximum absolute atomic E-state index is 5.45. The molecule has 236 valence electrons. The Morgan fingerprint density at radius 3 is 1.76 bits per heavy atom. The van der Waals surface area contributed by atoms with Crippen molar-refractivity contribution >= 4 is 65.4 Å². The van der Waals surface area contributed by atoms with E-state index in [9.17, 15) is 0 Å². The summed E-state index contributed by atoms with van der Waals surface area (Å²) in [7, 11) is 0. The number of para-hydroxylation sites is 1. The fraction of sp³-hybridized carbons (Fsp3) is 0. The summed E-state index contributed by atoms with van der Waals surface area (Å²) in [6.07, 6.45) is 0. The molecule has 0 aliphatic heterocycles. The first-order valence-corrected chi connectivity index (χ1v) is 17.4. The van der Waals surface area contributed by atoms with Gasteiger partial charge in [0.15, 0.2) is 0 Å². The minimum atomic E-state index is 0.667. The molecule has 0 saturated carbocycles. The van der Waals surface area contributed by atoms with Crippen molar-refractivity contribution in [2.24, 2.45) is 0 Å². The molecule has 1 aliphatic carbocycles. The van der Waals surface area contributed by atoms with Gasteiger partial charge >= 0.3 is 0 Å². The van der Waals surface area contributed by atoms with Gasteiger partial charge in [0.2, 0.25) is 5.95 Å². The van der Waals surface area contributed by atoms with Crippen LogP contribution in [-0.2, 0) is 0 Å². The summed E-state index contributed by atoms with van der Waals surface area (Å²) in [5.74, 6) is 0.667. The molecule has 0 unspecified atom stereocenters. The van der Waals surface area contributed by atoms with Gasteiger partial charge in [0.25, 0.3) is 0 Å². The van der Waals surface area contributed by atoms with Crippen LogP contribution in [0, 0.1) is 0 Å². The molecule has 2 aromatic heterocycles. The van der Waals surface area contributed by atoms with Gasteiger partial charge in [-0.3, -0.25) is 4.57 Å². The fourth-order valence-corrected chi connectivity index (χ4v) is 8.36. The number of hydrogen-bond acceptors (Lipinski definition) is 2. The first-order chi connectivity index (χ1) is 25.3. The summed E-state index contributed by atoms with van der Waals surface area (Å²) in [5, 5.41) is 8.37. The lowest BCUT2D eigenvalue weighted by Crippen LogP contribution is -2.04. The number of benzene rings is 8. The monoisotopic (exact) mass is 647 g/mol. The summed E-state index contributed by atoms with van der Waals surface area (Å²) in [6.45, 7) is 0. The van der Waals surface area contributed by atoms with Gasteiger partial charge in [-0.1, -0.05) is 152 Å². The van der Waals surface area contributed by atoms with E-state index in [1.807, 2.05) is 0 Å². The van der Waals surface area contributed by atoms with Crippen molar-refractivity contribution in [3.05, 3.63) is 198 Å². The summed E-state index contributed by atoms with van der Waals surface area (Å²) < 4.78 is 2.29. The van der Waals surface area contributed by atoms with Crippen LogP contribution in [0.3, 0.4) is 0 Å². The van der Waals surface area contributed by atoms with Gasteiger partial charge in [0, 0.05) is 21.7 Å². The molecule has 8 aromatic carbocycles. The van der Waals surface area contributed by atoms with Gasteiger partial charge in [0.1, 0.15) is 0 Å². The van der Waals surface area contributed by atoms with Gasteiger partial charge in [-0.15, -0.1) is 0 Å². The van der Waals surface area contributed by atoms with E-state index in [1.165, 1.54) is 65.7 Å². The van der Waals surface area contributed by atoms with E-state index in [4.69, 9.17) is 9.97 Å². The van der Waals surface area contributed by atoms with Crippen LogP contribution in [0.4, 0.5) is 0 Å². The average Bonchev–Trinajstić information content (AvgIpc) is 3.48. The van der Waals surface area contributed by atoms with Gasteiger partial charge < -0.3 is 0 Å². The van der Waals surface area contributed by atoms with Crippen LogP contribution in [0.2, 0.25) is 0 Å². The van der Waals surface area contributed by atoms with E-state index in [0.29, 0.717) is 5.95 Å². The maximum Gasteiger partial charge on any atom is 0.235 e. The Kier molecular flexibility index (Phi) is 5.96. The molecule has 0 N–H and O–H groups in total. The van der Waals surface area contributed by atoms with E-state index in [2.05, 4.69) is 180 Å². The van der Waals surface area contributed by atoms with Crippen molar-refractivity contribution in [1.29, 1.82) is 0 Å². The molecule has 0 atom stereocenters. The Bertz CT molecular complexity index is 3060. The van der Waals surface area contributed by atoms with Crippen molar-refractivity contribution in [1.82, 2.24) is 14.5 Å². The molecule has 0 radical (unpaired) electrons. The second-order valence-corrected chi connectivity index (χ2v) is 13.3. The van der Waals surface area contributed by atoms with Gasteiger partial charge in [-0.05, 0) is 79.2 Å². The van der Waals surface area contributed by atoms with Crippen LogP contribution >= 0.6 is 0 Å². The number of nitrogens with zero attached hydrogens (tertiary/aromatic N) is 3. The highest BCUT2D eigenvalue weighted by atomic mass is 15.2. The molecule has 0 spiro atoms. The predicted molar refractivity (Wildman–Crippen MR) is 212 cm³/mol. The summed E-state index contributed by atoms with van der Waals surface area (Å²) in [5.41, 5.74) is 12.4. The zero-order valence-electron chi connectivity index (χ0n) is 27.6. The van der Waals surface area contributed by atoms with E-state index in [1.54, 1.807) is 0 Å². The Labute approximate surface area is 294 Å². The Morgan fingerprint density at radius 2 is 0.980 bits per heavy atom. The lowest BCUT2D eigenvalue weighted by atomic mass is 9.85. The minimum absolute atomic E-state index is 0.667. The van der Waals surface area contributed by atoms with E-state index in [0.717, 1.165) is 33.2 Å². The lowest BCUT2D eigenvalue weighted by molar-refractivity contribution is 1.01. The molecule has 11 rings (SSSR count). The normalized spacial score (nSPS) is 12.6. The van der Waals surface area contributed by atoms with Gasteiger partial charge in [0.05, 0.1) is 22.2 Å². The Hall–Kier alpha value is -6.84. The number of hydrogen-bond donors (Lipinski definition) is 0. The molecule has 3 nitrogen and oxygen atoms in total. The second kappa shape index (κ2) is 10.8. The number of aromatic nitrogens is 3. The van der Waals surface area contributed by atoms with Crippen LogP contribution in [0.5, 0.6) is 0 Å². The molecular formula is C48H29N3. The number of rotatable bonds is 4. The van der Waals surface area contributed by atoms with Crippen molar-refractivity contribution in [2.45, 2.75) is 0 Å². The van der Waals surface area contributed by atoms with Crippen LogP contribution in [0.25, 0.3) is 82.6 Å². The molecule has 2 heterocycles. The van der Waals surface area contributed by atoms with Crippen molar-refractivity contribution in [2.75, 3.05) is 0 Å². The predicted octanol–water partition coefficient (Wildman–Crippen LogP) is 12.0. The van der Waals surface area contributed by atoms with E-state index < -0.39 is 0 Å². The quantitative estimate of drug-likeness (QED) is 0.190. The topological polar surface area (TPSA) is 30.7 Å². The zero-order valence-corrected chi connectivity index (χ0v) is 27.6. The number of fused-ring (bicyclic) bond motifs is 2. The van der Waals surface area contributed by atoms with Gasteiger partial charge in [-0.25, -0.2) is 9.97 Å². The molecule has 10 aromatic rings. The van der Waals surface area contributed by atoms with E-state index in [-0.39, 0.29) is 0 Å². The summed E-state index contributed by atoms with van der Waals surface area (Å²) in [4.78, 5) is 10.7. The van der Waals surface area contributed by atoms with Crippen LogP contribution in [0.15, 0.2) is 176 Å². The van der Waals surface area contributed by atoms with Crippen molar-refractivity contribution in [3.63, 3.8) is 0 Å². The summed E-state index contributed by atoms with van der Waals surface area (Å²) >= 11 is 0. The molecule has 51 heavy (non-hydrogen) atoms. The highest BCUT2D eigenvalue weighted by Crippen LogP contribution is 2.50. The zero-order chi connectivity index (χ0) is 33.5. The molecule has 0 amide bonds. The lowest BCUT2D eigenvalue weighted by Gasteiger charge is -2.19. The second-order valence-electron chi connectivity index (χ2n) is 13.3. The third-order valence-electron chi connectivity index (χ3n) is 10.5. The smallest absolute Gasteiger partial charge is 0.235 e. The third kappa shape index (κ3) is 4.12. The molecule has 0 fully saturated rings. The first kappa shape index (κ1) is 28.0. The Balaban J connectivity index is 1.29. The molecule has 0 bridgehead atoms. The molecule has 0 saturated heterocycles. The average molecular weight is 648 g/mol. The highest BCUT2D eigenvalue weighted by molar-refractivity contribution is 6.31. The first-order valence-electron chi connectivity index (χ1n) is 17.4. The maximum atomic E-state index is 5.45. The Morgan fingerprint density at radius 1 is 0.373 bits per heavy atom. The van der Waals surface area contributed by atoms with Crippen LogP contribution in [-0.4, -0.2) is 14.5 Å². The minimum Gasteiger partial charge on any atom is -0.278 e. The van der Waals surface area contributed by atoms with Crippen molar-refractivity contribution < 1.29 is 0 Å². The highest BCUT2D eigenvalue weighted by Gasteiger charge is 2.28. The standard InChI is InChI=1S/C48H29N3/c1-3-14-31(15-4-1)42-37-21-11-19-33-27-28-41-46(44(33)37)45-38(43(42)32-16-5-2-6-17-32)22-12-24-40(45)51(41)48-49-39-23-10-9-20-36(39)47(50-48)35-26-25-30-13-7-8-18-34(30)29-35/h1-29H.